The molecule has 2 N–H and O–H groups in total. The van der Waals surface area contributed by atoms with Crippen LogP contribution >= 0.6 is 0 Å². The fourth-order valence-corrected chi connectivity index (χ4v) is 1.52. The van der Waals surface area contributed by atoms with Crippen molar-refractivity contribution in [2.24, 2.45) is 5.73 Å². The van der Waals surface area contributed by atoms with E-state index in [1.165, 1.54) is 0 Å². The molecule has 0 aliphatic carbocycles. The summed E-state index contributed by atoms with van der Waals surface area (Å²) in [5.74, 6) is 0. The summed E-state index contributed by atoms with van der Waals surface area (Å²) in [6, 6.07) is 0.349. The van der Waals surface area contributed by atoms with Crippen LogP contribution in [0.4, 0.5) is 0 Å². The molecule has 13 heavy (non-hydrogen) atoms. The van der Waals surface area contributed by atoms with E-state index < -0.39 is 0 Å². The number of nitrogens with zero attached hydrogens (tertiary/aromatic N) is 3. The van der Waals surface area contributed by atoms with Gasteiger partial charge in [0.2, 0.25) is 0 Å². The average molecular weight is 182 g/mol. The van der Waals surface area contributed by atoms with E-state index >= 15 is 0 Å². The SMILES string of the molecule is NCc1cn(C2CCCOC2)nn1. The van der Waals surface area contributed by atoms with Crippen LogP contribution in [-0.4, -0.2) is 28.2 Å². The maximum Gasteiger partial charge on any atom is 0.0962 e. The van der Waals surface area contributed by atoms with Gasteiger partial charge in [0.1, 0.15) is 0 Å². The van der Waals surface area contributed by atoms with Crippen molar-refractivity contribution < 1.29 is 4.74 Å². The van der Waals surface area contributed by atoms with Crippen LogP contribution in [0.2, 0.25) is 0 Å². The highest BCUT2D eigenvalue weighted by Crippen LogP contribution is 2.17. The minimum Gasteiger partial charge on any atom is -0.379 e. The van der Waals surface area contributed by atoms with Gasteiger partial charge in [-0.1, -0.05) is 5.21 Å². The van der Waals surface area contributed by atoms with E-state index in [1.807, 2.05) is 10.9 Å². The fraction of sp³-hybridized carbons (Fsp3) is 0.750. The predicted octanol–water partition coefficient (Wildman–Crippen LogP) is 0.0883. The Morgan fingerprint density at radius 2 is 2.62 bits per heavy atom. The predicted molar refractivity (Wildman–Crippen MR) is 47.0 cm³/mol. The molecule has 2 rings (SSSR count). The van der Waals surface area contributed by atoms with Gasteiger partial charge in [0, 0.05) is 13.2 Å². The lowest BCUT2D eigenvalue weighted by Gasteiger charge is -2.21. The molecule has 0 bridgehead atoms. The molecule has 1 unspecified atom stereocenters. The normalized spacial score (nSPS) is 23.3. The number of ether oxygens (including phenoxy) is 1. The van der Waals surface area contributed by atoms with E-state index in [9.17, 15) is 0 Å². The first-order valence-electron chi connectivity index (χ1n) is 4.58. The molecule has 1 saturated heterocycles. The number of aromatic nitrogens is 3. The van der Waals surface area contributed by atoms with E-state index in [-0.39, 0.29) is 0 Å². The first-order valence-corrected chi connectivity index (χ1v) is 4.58. The molecule has 1 aromatic heterocycles. The quantitative estimate of drug-likeness (QED) is 0.703. The second-order valence-electron chi connectivity index (χ2n) is 3.26. The average Bonchev–Trinajstić information content (AvgIpc) is 2.67. The molecule has 1 aromatic rings. The van der Waals surface area contributed by atoms with Crippen molar-refractivity contribution in [3.05, 3.63) is 11.9 Å². The lowest BCUT2D eigenvalue weighted by atomic mass is 10.1. The minimum atomic E-state index is 0.349. The third-order valence-electron chi connectivity index (χ3n) is 2.28. The summed E-state index contributed by atoms with van der Waals surface area (Å²) in [5.41, 5.74) is 6.28. The van der Waals surface area contributed by atoms with Gasteiger partial charge >= 0.3 is 0 Å². The van der Waals surface area contributed by atoms with Crippen molar-refractivity contribution in [2.75, 3.05) is 13.2 Å². The Kier molecular flexibility index (Phi) is 2.56. The van der Waals surface area contributed by atoms with Crippen LogP contribution in [0.5, 0.6) is 0 Å². The van der Waals surface area contributed by atoms with Crippen molar-refractivity contribution >= 4 is 0 Å². The standard InChI is InChI=1S/C8H14N4O/c9-4-7-5-12(11-10-7)8-2-1-3-13-6-8/h5,8H,1-4,6,9H2. The van der Waals surface area contributed by atoms with Crippen LogP contribution in [0, 0.1) is 0 Å². The molecule has 0 saturated carbocycles. The summed E-state index contributed by atoms with van der Waals surface area (Å²) in [4.78, 5) is 0. The van der Waals surface area contributed by atoms with Gasteiger partial charge in [-0.25, -0.2) is 4.68 Å². The zero-order chi connectivity index (χ0) is 9.10. The van der Waals surface area contributed by atoms with Crippen molar-refractivity contribution in [3.63, 3.8) is 0 Å². The molecule has 5 nitrogen and oxygen atoms in total. The topological polar surface area (TPSA) is 66.0 Å². The van der Waals surface area contributed by atoms with Gasteiger partial charge in [-0.2, -0.15) is 0 Å². The van der Waals surface area contributed by atoms with E-state index in [4.69, 9.17) is 10.5 Å². The second kappa shape index (κ2) is 3.85. The summed E-state index contributed by atoms with van der Waals surface area (Å²) < 4.78 is 7.22. The number of hydrogen-bond acceptors (Lipinski definition) is 4. The van der Waals surface area contributed by atoms with Gasteiger partial charge in [-0.3, -0.25) is 0 Å². The van der Waals surface area contributed by atoms with Crippen LogP contribution < -0.4 is 5.73 Å². The molecule has 5 heteroatoms. The minimum absolute atomic E-state index is 0.349. The van der Waals surface area contributed by atoms with Gasteiger partial charge in [0.15, 0.2) is 0 Å². The number of hydrogen-bond donors (Lipinski definition) is 1. The Morgan fingerprint density at radius 3 is 3.23 bits per heavy atom. The summed E-state index contributed by atoms with van der Waals surface area (Å²) in [7, 11) is 0. The Labute approximate surface area is 76.9 Å². The third kappa shape index (κ3) is 1.87. The highest BCUT2D eigenvalue weighted by Gasteiger charge is 2.16. The van der Waals surface area contributed by atoms with Crippen molar-refractivity contribution in [1.29, 1.82) is 0 Å². The molecule has 1 fully saturated rings. The van der Waals surface area contributed by atoms with Gasteiger partial charge in [0.05, 0.1) is 24.5 Å². The maximum absolute atomic E-state index is 5.45. The molecule has 0 amide bonds. The van der Waals surface area contributed by atoms with Gasteiger partial charge in [0.25, 0.3) is 0 Å². The summed E-state index contributed by atoms with van der Waals surface area (Å²) in [6.07, 6.45) is 4.12. The zero-order valence-electron chi connectivity index (χ0n) is 7.52. The van der Waals surface area contributed by atoms with E-state index in [1.54, 1.807) is 0 Å². The Bertz CT molecular complexity index is 267. The van der Waals surface area contributed by atoms with Crippen LogP contribution in [0.25, 0.3) is 0 Å². The number of nitrogens with two attached hydrogens (primary N) is 1. The highest BCUT2D eigenvalue weighted by molar-refractivity contribution is 4.92. The van der Waals surface area contributed by atoms with Crippen molar-refractivity contribution in [3.8, 4) is 0 Å². The lowest BCUT2D eigenvalue weighted by Crippen LogP contribution is -2.21. The summed E-state index contributed by atoms with van der Waals surface area (Å²) >= 11 is 0. The van der Waals surface area contributed by atoms with Crippen LogP contribution in [0.3, 0.4) is 0 Å². The molecule has 1 aliphatic heterocycles. The van der Waals surface area contributed by atoms with Gasteiger partial charge in [-0.05, 0) is 12.8 Å². The molecule has 2 heterocycles. The molecule has 0 radical (unpaired) electrons. The zero-order valence-corrected chi connectivity index (χ0v) is 7.52. The molecular weight excluding hydrogens is 168 g/mol. The molecule has 72 valence electrons. The van der Waals surface area contributed by atoms with Crippen molar-refractivity contribution in [1.82, 2.24) is 15.0 Å². The van der Waals surface area contributed by atoms with Crippen molar-refractivity contribution in [2.45, 2.75) is 25.4 Å². The largest absolute Gasteiger partial charge is 0.379 e. The first kappa shape index (κ1) is 8.65. The van der Waals surface area contributed by atoms with E-state index in [0.29, 0.717) is 12.6 Å². The fourth-order valence-electron chi connectivity index (χ4n) is 1.52. The highest BCUT2D eigenvalue weighted by atomic mass is 16.5. The Balaban J connectivity index is 2.05. The first-order chi connectivity index (χ1) is 6.40. The molecular formula is C8H14N4O. The molecule has 1 atom stereocenters. The van der Waals surface area contributed by atoms with Crippen LogP contribution in [0.1, 0.15) is 24.6 Å². The van der Waals surface area contributed by atoms with Gasteiger partial charge in [-0.15, -0.1) is 5.10 Å². The van der Waals surface area contributed by atoms with Gasteiger partial charge < -0.3 is 10.5 Å². The number of rotatable bonds is 2. The Hall–Kier alpha value is -0.940. The molecule has 0 spiro atoms. The molecule has 1 aliphatic rings. The lowest BCUT2D eigenvalue weighted by molar-refractivity contribution is 0.0543. The van der Waals surface area contributed by atoms with Crippen LogP contribution in [-0.2, 0) is 11.3 Å². The van der Waals surface area contributed by atoms with E-state index in [0.717, 1.165) is 31.7 Å². The summed E-state index contributed by atoms with van der Waals surface area (Å²) in [6.45, 7) is 2.07. The van der Waals surface area contributed by atoms with E-state index in [2.05, 4.69) is 10.3 Å². The molecule has 0 aromatic carbocycles. The summed E-state index contributed by atoms with van der Waals surface area (Å²) in [5, 5.41) is 7.96. The maximum atomic E-state index is 5.45. The Morgan fingerprint density at radius 1 is 1.69 bits per heavy atom. The smallest absolute Gasteiger partial charge is 0.0962 e. The van der Waals surface area contributed by atoms with Crippen LogP contribution in [0.15, 0.2) is 6.20 Å². The second-order valence-corrected chi connectivity index (χ2v) is 3.26. The monoisotopic (exact) mass is 182 g/mol. The third-order valence-corrected chi connectivity index (χ3v) is 2.28.